The summed E-state index contributed by atoms with van der Waals surface area (Å²) in [7, 11) is 0. The van der Waals surface area contributed by atoms with E-state index < -0.39 is 0 Å². The zero-order valence-corrected chi connectivity index (χ0v) is 25.4. The summed E-state index contributed by atoms with van der Waals surface area (Å²) in [6.45, 7) is 2.16. The molecule has 8 aromatic rings. The molecule has 1 aliphatic carbocycles. The number of benzene rings is 8. The minimum Gasteiger partial charge on any atom is -0.309 e. The number of hydrogen-bond donors (Lipinski definition) is 0. The van der Waals surface area contributed by atoms with E-state index in [1.807, 2.05) is 0 Å². The molecule has 8 aromatic carbocycles. The number of hydrogen-bond acceptors (Lipinski definition) is 1. The van der Waals surface area contributed by atoms with Gasteiger partial charge >= 0.3 is 0 Å². The van der Waals surface area contributed by atoms with Gasteiger partial charge in [-0.05, 0) is 99.3 Å². The molecule has 9 rings (SSSR count). The number of allylic oxidation sites excluding steroid dienone is 3. The Morgan fingerprint density at radius 1 is 0.533 bits per heavy atom. The van der Waals surface area contributed by atoms with Crippen LogP contribution in [0.3, 0.4) is 0 Å². The lowest BCUT2D eigenvalue weighted by molar-refractivity contribution is 0.825. The minimum atomic E-state index is 1.15. The van der Waals surface area contributed by atoms with Crippen molar-refractivity contribution in [2.24, 2.45) is 0 Å². The quantitative estimate of drug-likeness (QED) is 0.149. The van der Waals surface area contributed by atoms with Crippen molar-refractivity contribution in [2.45, 2.75) is 26.2 Å². The molecular formula is C44H33N. The van der Waals surface area contributed by atoms with Crippen molar-refractivity contribution in [2.75, 3.05) is 4.90 Å². The van der Waals surface area contributed by atoms with Crippen molar-refractivity contribution < 1.29 is 0 Å². The van der Waals surface area contributed by atoms with Gasteiger partial charge in [-0.1, -0.05) is 127 Å². The van der Waals surface area contributed by atoms with Gasteiger partial charge in [-0.25, -0.2) is 0 Å². The molecule has 0 amide bonds. The van der Waals surface area contributed by atoms with E-state index in [-0.39, 0.29) is 0 Å². The van der Waals surface area contributed by atoms with Crippen LogP contribution in [0.2, 0.25) is 0 Å². The largest absolute Gasteiger partial charge is 0.309 e. The average Bonchev–Trinajstić information content (AvgIpc) is 3.09. The summed E-state index contributed by atoms with van der Waals surface area (Å²) in [5.41, 5.74) is 7.45. The van der Waals surface area contributed by atoms with Gasteiger partial charge in [0.2, 0.25) is 0 Å². The SMILES string of the molecule is Cc1ccc(N(c2ccc(/C=C3/C=CCCC3)cc2)c2c3ccccc3c3c4cccc5cccc(c6cccc2c63)c54)cc1. The Morgan fingerprint density at radius 2 is 1.11 bits per heavy atom. The predicted molar refractivity (Wildman–Crippen MR) is 196 cm³/mol. The Morgan fingerprint density at radius 3 is 1.84 bits per heavy atom. The molecule has 0 aromatic heterocycles. The van der Waals surface area contributed by atoms with Crippen molar-refractivity contribution in [3.63, 3.8) is 0 Å². The van der Waals surface area contributed by atoms with Crippen LogP contribution in [0.5, 0.6) is 0 Å². The average molecular weight is 576 g/mol. The summed E-state index contributed by atoms with van der Waals surface area (Å²) in [4.78, 5) is 2.48. The van der Waals surface area contributed by atoms with Crippen LogP contribution >= 0.6 is 0 Å². The molecule has 0 aliphatic heterocycles. The zero-order valence-electron chi connectivity index (χ0n) is 25.4. The summed E-state index contributed by atoms with van der Waals surface area (Å²) in [6.07, 6.45) is 10.5. The summed E-state index contributed by atoms with van der Waals surface area (Å²) in [5.74, 6) is 0. The van der Waals surface area contributed by atoms with Crippen LogP contribution in [-0.4, -0.2) is 0 Å². The first-order valence-electron chi connectivity index (χ1n) is 16.1. The van der Waals surface area contributed by atoms with Gasteiger partial charge in [-0.2, -0.15) is 0 Å². The van der Waals surface area contributed by atoms with Crippen molar-refractivity contribution in [3.8, 4) is 0 Å². The maximum atomic E-state index is 2.48. The number of nitrogens with zero attached hydrogens (tertiary/aromatic N) is 1. The Hall–Kier alpha value is -5.40. The van der Waals surface area contributed by atoms with Gasteiger partial charge in [0.1, 0.15) is 0 Å². The lowest BCUT2D eigenvalue weighted by Crippen LogP contribution is -2.11. The third-order valence-electron chi connectivity index (χ3n) is 9.67. The molecule has 0 bridgehead atoms. The lowest BCUT2D eigenvalue weighted by Gasteiger charge is -2.30. The van der Waals surface area contributed by atoms with Crippen molar-refractivity contribution in [3.05, 3.63) is 156 Å². The van der Waals surface area contributed by atoms with Gasteiger partial charge < -0.3 is 4.90 Å². The third kappa shape index (κ3) is 4.15. The molecule has 0 fully saturated rings. The Kier molecular flexibility index (Phi) is 5.99. The second-order valence-corrected chi connectivity index (χ2v) is 12.5. The maximum Gasteiger partial charge on any atom is 0.0619 e. The first-order chi connectivity index (χ1) is 22.2. The van der Waals surface area contributed by atoms with Gasteiger partial charge in [0, 0.05) is 27.5 Å². The maximum absolute atomic E-state index is 2.48. The van der Waals surface area contributed by atoms with Crippen LogP contribution in [0.15, 0.2) is 145 Å². The fraction of sp³-hybridized carbons (Fsp3) is 0.0909. The van der Waals surface area contributed by atoms with E-state index >= 15 is 0 Å². The molecule has 0 heterocycles. The molecule has 1 heteroatoms. The van der Waals surface area contributed by atoms with Crippen molar-refractivity contribution in [1.82, 2.24) is 0 Å². The van der Waals surface area contributed by atoms with Gasteiger partial charge in [-0.15, -0.1) is 0 Å². The number of fused-ring (bicyclic) bond motifs is 4. The van der Waals surface area contributed by atoms with Crippen molar-refractivity contribution >= 4 is 77.0 Å². The van der Waals surface area contributed by atoms with E-state index in [0.717, 1.165) is 17.8 Å². The fourth-order valence-corrected chi connectivity index (χ4v) is 7.62. The Balaban J connectivity index is 1.38. The first-order valence-corrected chi connectivity index (χ1v) is 16.1. The number of aryl methyl sites for hydroxylation is 1. The highest BCUT2D eigenvalue weighted by atomic mass is 15.1. The normalized spacial score (nSPS) is 14.5. The smallest absolute Gasteiger partial charge is 0.0619 e. The first kappa shape index (κ1) is 26.0. The molecular weight excluding hydrogens is 542 g/mol. The van der Waals surface area contributed by atoms with Crippen molar-refractivity contribution in [1.29, 1.82) is 0 Å². The monoisotopic (exact) mass is 575 g/mol. The molecule has 0 atom stereocenters. The second-order valence-electron chi connectivity index (χ2n) is 12.5. The molecule has 0 radical (unpaired) electrons. The molecule has 1 aliphatic rings. The summed E-state index contributed by atoms with van der Waals surface area (Å²) < 4.78 is 0. The summed E-state index contributed by atoms with van der Waals surface area (Å²) >= 11 is 0. The van der Waals surface area contributed by atoms with Gasteiger partial charge in [0.15, 0.2) is 0 Å². The molecule has 0 unspecified atom stereocenters. The van der Waals surface area contributed by atoms with E-state index in [9.17, 15) is 0 Å². The van der Waals surface area contributed by atoms with Gasteiger partial charge in [-0.3, -0.25) is 0 Å². The van der Waals surface area contributed by atoms with Gasteiger partial charge in [0.05, 0.1) is 5.69 Å². The van der Waals surface area contributed by atoms with E-state index in [4.69, 9.17) is 0 Å². The topological polar surface area (TPSA) is 3.24 Å². The van der Waals surface area contributed by atoms with E-state index in [2.05, 4.69) is 157 Å². The third-order valence-corrected chi connectivity index (χ3v) is 9.67. The fourth-order valence-electron chi connectivity index (χ4n) is 7.62. The van der Waals surface area contributed by atoms with Gasteiger partial charge in [0.25, 0.3) is 0 Å². The van der Waals surface area contributed by atoms with Crippen LogP contribution < -0.4 is 4.90 Å². The Labute approximate surface area is 263 Å². The van der Waals surface area contributed by atoms with Crippen LogP contribution in [0.4, 0.5) is 17.1 Å². The van der Waals surface area contributed by atoms with Crippen LogP contribution in [0, 0.1) is 6.92 Å². The van der Waals surface area contributed by atoms with E-state index in [1.165, 1.54) is 89.1 Å². The minimum absolute atomic E-state index is 1.15. The van der Waals surface area contributed by atoms with E-state index in [0.29, 0.717) is 0 Å². The van der Waals surface area contributed by atoms with Crippen LogP contribution in [-0.2, 0) is 0 Å². The molecule has 0 N–H and O–H groups in total. The highest BCUT2D eigenvalue weighted by Crippen LogP contribution is 2.50. The molecule has 45 heavy (non-hydrogen) atoms. The Bertz CT molecular complexity index is 2440. The molecule has 0 saturated carbocycles. The summed E-state index contributed by atoms with van der Waals surface area (Å²) in [6, 6.07) is 47.5. The molecule has 214 valence electrons. The van der Waals surface area contributed by atoms with E-state index in [1.54, 1.807) is 0 Å². The summed E-state index contributed by atoms with van der Waals surface area (Å²) in [5, 5.41) is 13.1. The predicted octanol–water partition coefficient (Wildman–Crippen LogP) is 12.8. The lowest BCUT2D eigenvalue weighted by atomic mass is 9.86. The van der Waals surface area contributed by atoms with Crippen LogP contribution in [0.1, 0.15) is 30.4 Å². The standard InChI is InChI=1S/C44H33N/c1-29-20-24-33(25-21-29)45(34-26-22-31(23-27-34)28-30-10-3-2-4-11-30)44-38-15-6-5-14-37(38)42-39-18-8-13-32-12-7-16-35(41(32)39)36-17-9-19-40(44)43(36)42/h3,5-10,12-28H,2,4,11H2,1H3/b30-28-. The molecule has 1 nitrogen and oxygen atoms in total. The highest BCUT2D eigenvalue weighted by molar-refractivity contribution is 6.40. The zero-order chi connectivity index (χ0) is 29.9. The highest BCUT2D eigenvalue weighted by Gasteiger charge is 2.23. The molecule has 0 spiro atoms. The number of anilines is 3. The van der Waals surface area contributed by atoms with Crippen LogP contribution in [0.25, 0.3) is 59.9 Å². The molecule has 0 saturated heterocycles. The second kappa shape index (κ2) is 10.4. The number of rotatable bonds is 4.